The predicted octanol–water partition coefficient (Wildman–Crippen LogP) is 1.11. The first-order valence-corrected chi connectivity index (χ1v) is 9.88. The maximum atomic E-state index is 12.3. The lowest BCUT2D eigenvalue weighted by Crippen LogP contribution is -2.52. The van der Waals surface area contributed by atoms with Gasteiger partial charge in [-0.1, -0.05) is 47.0 Å². The Bertz CT molecular complexity index is 465. The number of hydrogen-bond donors (Lipinski definition) is 3. The first-order valence-electron chi connectivity index (χ1n) is 8.80. The number of Topliss-reactive ketones (excluding diaryl/α,β-unsaturated/α-hetero) is 1. The van der Waals surface area contributed by atoms with Crippen LogP contribution in [0.15, 0.2) is 0 Å². The van der Waals surface area contributed by atoms with Crippen molar-refractivity contribution in [3.05, 3.63) is 0 Å². The second kappa shape index (κ2) is 13.0. The standard InChI is InChI=1S/C14H25N3O5S.C2H6/c1-9(2)8-11(12(18)14(20)16-17-23(21)22)15-13(19)10-6-4-3-5-7-10;1-2/h9-11,17H,3-8H2,1-2H3,(H,15,19)(H,16,20)(H,21,22);1-2H3/p-1. The van der Waals surface area contributed by atoms with Gasteiger partial charge in [0, 0.05) is 17.2 Å². The molecule has 3 N–H and O–H groups in total. The lowest BCUT2D eigenvalue weighted by atomic mass is 9.88. The van der Waals surface area contributed by atoms with Crippen LogP contribution in [0.3, 0.4) is 0 Å². The Morgan fingerprint density at radius 2 is 1.68 bits per heavy atom. The Kier molecular flexibility index (Phi) is 12.3. The van der Waals surface area contributed by atoms with Crippen molar-refractivity contribution >= 4 is 28.9 Å². The van der Waals surface area contributed by atoms with Crippen LogP contribution in [0.2, 0.25) is 0 Å². The van der Waals surface area contributed by atoms with Crippen molar-refractivity contribution in [1.82, 2.24) is 15.6 Å². The molecule has 0 aromatic heterocycles. The molecule has 25 heavy (non-hydrogen) atoms. The van der Waals surface area contributed by atoms with Crippen molar-refractivity contribution in [3.63, 3.8) is 0 Å². The minimum Gasteiger partial charge on any atom is -0.759 e. The molecular formula is C16H30N3O5S-. The second-order valence-corrected chi connectivity index (χ2v) is 6.85. The van der Waals surface area contributed by atoms with Gasteiger partial charge < -0.3 is 9.87 Å². The Morgan fingerprint density at radius 1 is 1.12 bits per heavy atom. The van der Waals surface area contributed by atoms with Crippen LogP contribution in [-0.4, -0.2) is 32.4 Å². The smallest absolute Gasteiger partial charge is 0.304 e. The van der Waals surface area contributed by atoms with Gasteiger partial charge in [0.2, 0.25) is 11.7 Å². The van der Waals surface area contributed by atoms with Crippen molar-refractivity contribution in [3.8, 4) is 0 Å². The van der Waals surface area contributed by atoms with Gasteiger partial charge >= 0.3 is 5.91 Å². The summed E-state index contributed by atoms with van der Waals surface area (Å²) in [6.07, 6.45) is 4.97. The first kappa shape index (κ1) is 23.7. The van der Waals surface area contributed by atoms with Crippen LogP contribution in [0.25, 0.3) is 0 Å². The molecule has 2 amide bonds. The summed E-state index contributed by atoms with van der Waals surface area (Å²) in [7, 11) is 0. The molecule has 0 radical (unpaired) electrons. The molecule has 1 aliphatic rings. The molecule has 0 aromatic carbocycles. The van der Waals surface area contributed by atoms with Gasteiger partial charge in [-0.3, -0.25) is 24.0 Å². The fourth-order valence-corrected chi connectivity index (χ4v) is 2.84. The number of ketones is 1. The molecule has 0 aliphatic heterocycles. The van der Waals surface area contributed by atoms with Crippen molar-refractivity contribution < 1.29 is 23.1 Å². The van der Waals surface area contributed by atoms with Crippen molar-refractivity contribution in [2.24, 2.45) is 11.8 Å². The van der Waals surface area contributed by atoms with E-state index in [4.69, 9.17) is 0 Å². The summed E-state index contributed by atoms with van der Waals surface area (Å²) >= 11 is -2.71. The molecule has 0 aromatic rings. The highest BCUT2D eigenvalue weighted by Gasteiger charge is 2.30. The van der Waals surface area contributed by atoms with Gasteiger partial charge in [0.05, 0.1) is 6.04 Å². The van der Waals surface area contributed by atoms with Crippen molar-refractivity contribution in [1.29, 1.82) is 0 Å². The van der Waals surface area contributed by atoms with E-state index in [1.165, 1.54) is 0 Å². The Balaban J connectivity index is 0.00000277. The molecule has 2 atom stereocenters. The predicted molar refractivity (Wildman–Crippen MR) is 94.5 cm³/mol. The number of rotatable bonds is 8. The van der Waals surface area contributed by atoms with Crippen LogP contribution in [0.1, 0.15) is 66.2 Å². The van der Waals surface area contributed by atoms with Crippen LogP contribution in [0, 0.1) is 11.8 Å². The van der Waals surface area contributed by atoms with E-state index in [0.29, 0.717) is 6.42 Å². The molecule has 0 bridgehead atoms. The van der Waals surface area contributed by atoms with Gasteiger partial charge in [-0.25, -0.2) is 0 Å². The second-order valence-electron chi connectivity index (χ2n) is 6.18. The van der Waals surface area contributed by atoms with Crippen LogP contribution in [-0.2, 0) is 25.7 Å². The fourth-order valence-electron chi connectivity index (χ4n) is 2.67. The summed E-state index contributed by atoms with van der Waals surface area (Å²) in [4.78, 5) is 37.7. The van der Waals surface area contributed by atoms with Gasteiger partial charge in [-0.15, -0.1) is 0 Å². The van der Waals surface area contributed by atoms with Crippen molar-refractivity contribution in [2.75, 3.05) is 0 Å². The van der Waals surface area contributed by atoms with E-state index in [0.717, 1.165) is 32.1 Å². The van der Waals surface area contributed by atoms with Crippen LogP contribution in [0.5, 0.6) is 0 Å². The number of hydrazine groups is 1. The molecule has 9 heteroatoms. The van der Waals surface area contributed by atoms with E-state index in [1.807, 2.05) is 27.7 Å². The van der Waals surface area contributed by atoms with Gasteiger partial charge in [-0.2, -0.15) is 4.83 Å². The van der Waals surface area contributed by atoms with Gasteiger partial charge in [0.15, 0.2) is 0 Å². The minimum atomic E-state index is -2.71. The zero-order chi connectivity index (χ0) is 19.4. The molecule has 1 rings (SSSR count). The quantitative estimate of drug-likeness (QED) is 0.332. The molecule has 8 nitrogen and oxygen atoms in total. The minimum absolute atomic E-state index is 0.0880. The number of nitrogens with one attached hydrogen (secondary N) is 3. The number of hydrogen-bond acceptors (Lipinski definition) is 5. The van der Waals surface area contributed by atoms with E-state index in [9.17, 15) is 23.1 Å². The normalized spacial score (nSPS) is 17.0. The van der Waals surface area contributed by atoms with E-state index in [-0.39, 0.29) is 17.7 Å². The van der Waals surface area contributed by atoms with Gasteiger partial charge in [0.1, 0.15) is 0 Å². The largest absolute Gasteiger partial charge is 0.759 e. The molecule has 2 unspecified atom stereocenters. The zero-order valence-corrected chi connectivity index (χ0v) is 16.2. The summed E-state index contributed by atoms with van der Waals surface area (Å²) in [5.74, 6) is -2.20. The number of amides is 2. The summed E-state index contributed by atoms with van der Waals surface area (Å²) in [5.41, 5.74) is 1.79. The molecule has 146 valence electrons. The third-order valence-corrected chi connectivity index (χ3v) is 4.06. The lowest BCUT2D eigenvalue weighted by molar-refractivity contribution is -0.141. The molecule has 0 saturated heterocycles. The van der Waals surface area contributed by atoms with E-state index < -0.39 is 29.0 Å². The maximum Gasteiger partial charge on any atom is 0.304 e. The highest BCUT2D eigenvalue weighted by molar-refractivity contribution is 7.77. The van der Waals surface area contributed by atoms with E-state index in [1.54, 1.807) is 10.3 Å². The molecule has 1 fully saturated rings. The summed E-state index contributed by atoms with van der Waals surface area (Å²) in [5, 5.41) is 2.66. The lowest BCUT2D eigenvalue weighted by Gasteiger charge is -2.25. The van der Waals surface area contributed by atoms with Gasteiger partial charge in [-0.05, 0) is 25.2 Å². The molecule has 1 saturated carbocycles. The fraction of sp³-hybridized carbons (Fsp3) is 0.812. The van der Waals surface area contributed by atoms with E-state index in [2.05, 4.69) is 5.32 Å². The first-order chi connectivity index (χ1) is 11.8. The SMILES string of the molecule is CC.CC(C)CC(NC(=O)C1CCCCC1)C(=O)C(=O)NNS(=O)[O-]. The third-order valence-electron chi connectivity index (χ3n) is 3.79. The highest BCUT2D eigenvalue weighted by atomic mass is 32.2. The summed E-state index contributed by atoms with van der Waals surface area (Å²) in [6, 6.07) is -0.952. The van der Waals surface area contributed by atoms with Gasteiger partial charge in [0.25, 0.3) is 0 Å². The summed E-state index contributed by atoms with van der Waals surface area (Å²) in [6.45, 7) is 7.74. The van der Waals surface area contributed by atoms with Crippen LogP contribution in [0.4, 0.5) is 0 Å². The Hall–Kier alpha value is -1.32. The third kappa shape index (κ3) is 9.66. The van der Waals surface area contributed by atoms with E-state index >= 15 is 0 Å². The zero-order valence-electron chi connectivity index (χ0n) is 15.4. The van der Waals surface area contributed by atoms with Crippen molar-refractivity contribution in [2.45, 2.75) is 72.3 Å². The maximum absolute atomic E-state index is 12.3. The van der Waals surface area contributed by atoms with Crippen LogP contribution >= 0.6 is 0 Å². The number of carbonyl (C=O) groups is 3. The average molecular weight is 376 g/mol. The Morgan fingerprint density at radius 3 is 2.16 bits per heavy atom. The summed E-state index contributed by atoms with van der Waals surface area (Å²) < 4.78 is 20.7. The molecule has 0 spiro atoms. The molecule has 1 aliphatic carbocycles. The van der Waals surface area contributed by atoms with Crippen LogP contribution < -0.4 is 15.6 Å². The molecular weight excluding hydrogens is 346 g/mol. The number of carbonyl (C=O) groups excluding carboxylic acids is 3. The highest BCUT2D eigenvalue weighted by Crippen LogP contribution is 2.24. The monoisotopic (exact) mass is 376 g/mol. The average Bonchev–Trinajstić information content (AvgIpc) is 2.60. The Labute approximate surface area is 152 Å². The molecule has 0 heterocycles. The topological polar surface area (TPSA) is 127 Å².